The molecule has 1 heterocycles. The Morgan fingerprint density at radius 1 is 1.07 bits per heavy atom. The lowest BCUT2D eigenvalue weighted by Crippen LogP contribution is -2.45. The van der Waals surface area contributed by atoms with Crippen LogP contribution in [0.15, 0.2) is 65.1 Å². The number of halogens is 1. The Kier molecular flexibility index (Phi) is 6.86. The molecule has 1 amide bonds. The highest BCUT2D eigenvalue weighted by Crippen LogP contribution is 2.46. The molecule has 0 saturated heterocycles. The fraction of sp³-hybridized carbons (Fsp3) is 0.348. The molecule has 0 bridgehead atoms. The molecule has 2 atom stereocenters. The highest BCUT2D eigenvalue weighted by atomic mass is 35.5. The van der Waals surface area contributed by atoms with Crippen molar-refractivity contribution in [2.75, 3.05) is 0 Å². The highest BCUT2D eigenvalue weighted by Gasteiger charge is 2.49. The van der Waals surface area contributed by atoms with Gasteiger partial charge >= 0.3 is 0 Å². The van der Waals surface area contributed by atoms with Crippen LogP contribution < -0.4 is 5.73 Å². The van der Waals surface area contributed by atoms with Gasteiger partial charge in [0.2, 0.25) is 15.9 Å². The van der Waals surface area contributed by atoms with Crippen molar-refractivity contribution in [2.45, 2.75) is 52.1 Å². The summed E-state index contributed by atoms with van der Waals surface area (Å²) in [5.41, 5.74) is 6.77. The summed E-state index contributed by atoms with van der Waals surface area (Å²) >= 11 is 6.02. The standard InChI is InChI=1S/C22H25ClN2O3S.CH4/c1-14-7-5-6-8-18(14)29(27,28)25-19(22(2,3)4)13-17(21(24)26)20(25)15-9-11-16(23)12-10-15;/h5-13,19-20H,1-4H3,(H2,24,26);1H4/t19-,20-;/m0./s1. The second-order valence-electron chi connectivity index (χ2n) is 8.35. The fourth-order valence-electron chi connectivity index (χ4n) is 3.70. The van der Waals surface area contributed by atoms with Crippen LogP contribution in [0.4, 0.5) is 0 Å². The highest BCUT2D eigenvalue weighted by molar-refractivity contribution is 7.89. The molecule has 0 fully saturated rings. The van der Waals surface area contributed by atoms with Gasteiger partial charge in [-0.1, -0.05) is 76.2 Å². The number of aryl methyl sites for hydroxylation is 1. The molecule has 30 heavy (non-hydrogen) atoms. The third kappa shape index (κ3) is 4.31. The van der Waals surface area contributed by atoms with Crippen molar-refractivity contribution < 1.29 is 13.2 Å². The molecule has 0 aliphatic carbocycles. The molecule has 2 aromatic rings. The summed E-state index contributed by atoms with van der Waals surface area (Å²) < 4.78 is 29.1. The van der Waals surface area contributed by atoms with Gasteiger partial charge < -0.3 is 5.73 Å². The molecule has 1 aliphatic rings. The molecule has 1 aliphatic heterocycles. The summed E-state index contributed by atoms with van der Waals surface area (Å²) in [4.78, 5) is 12.5. The van der Waals surface area contributed by atoms with E-state index >= 15 is 0 Å². The number of rotatable bonds is 4. The Balaban J connectivity index is 0.00000320. The first kappa shape index (κ1) is 24.1. The zero-order chi connectivity index (χ0) is 21.6. The van der Waals surface area contributed by atoms with Gasteiger partial charge in [0.05, 0.1) is 10.9 Å². The molecule has 2 N–H and O–H groups in total. The third-order valence-electron chi connectivity index (χ3n) is 5.17. The van der Waals surface area contributed by atoms with E-state index in [1.54, 1.807) is 61.5 Å². The summed E-state index contributed by atoms with van der Waals surface area (Å²) in [6.07, 6.45) is 1.69. The number of carbonyl (C=O) groups is 1. The summed E-state index contributed by atoms with van der Waals surface area (Å²) in [6, 6.07) is 12.3. The SMILES string of the molecule is C.Cc1ccccc1S(=O)(=O)N1[C@@H](c2ccc(Cl)cc2)C(C(N)=O)=C[C@H]1C(C)(C)C. The Bertz CT molecular complexity index is 1070. The maximum atomic E-state index is 13.8. The molecule has 0 saturated carbocycles. The normalized spacial score (nSPS) is 19.8. The van der Waals surface area contributed by atoms with Crippen LogP contribution in [-0.4, -0.2) is 24.7 Å². The number of nitrogens with zero attached hydrogens (tertiary/aromatic N) is 1. The summed E-state index contributed by atoms with van der Waals surface area (Å²) in [5.74, 6) is -0.637. The number of benzene rings is 2. The molecule has 0 radical (unpaired) electrons. The smallest absolute Gasteiger partial charge is 0.246 e. The van der Waals surface area contributed by atoms with E-state index in [0.717, 1.165) is 0 Å². The second kappa shape index (κ2) is 8.53. The van der Waals surface area contributed by atoms with Gasteiger partial charge in [0.1, 0.15) is 0 Å². The van der Waals surface area contributed by atoms with E-state index in [4.69, 9.17) is 17.3 Å². The molecule has 3 rings (SSSR count). The van der Waals surface area contributed by atoms with Gasteiger partial charge in [0.25, 0.3) is 0 Å². The first-order valence-electron chi connectivity index (χ1n) is 9.30. The Hall–Kier alpha value is -2.15. The summed E-state index contributed by atoms with van der Waals surface area (Å²) in [6.45, 7) is 7.58. The van der Waals surface area contributed by atoms with E-state index in [1.807, 2.05) is 20.8 Å². The van der Waals surface area contributed by atoms with Crippen LogP contribution in [0.25, 0.3) is 0 Å². The Labute approximate surface area is 184 Å². The van der Waals surface area contributed by atoms with Gasteiger partial charge in [-0.25, -0.2) is 8.42 Å². The van der Waals surface area contributed by atoms with Crippen molar-refractivity contribution in [3.05, 3.63) is 76.3 Å². The molecule has 0 unspecified atom stereocenters. The third-order valence-corrected chi connectivity index (χ3v) is 7.43. The van der Waals surface area contributed by atoms with Gasteiger partial charge in [-0.15, -0.1) is 0 Å². The van der Waals surface area contributed by atoms with E-state index in [0.29, 0.717) is 16.1 Å². The monoisotopic (exact) mass is 448 g/mol. The van der Waals surface area contributed by atoms with Crippen LogP contribution in [0.5, 0.6) is 0 Å². The van der Waals surface area contributed by atoms with Gasteiger partial charge in [-0.2, -0.15) is 4.31 Å². The van der Waals surface area contributed by atoms with E-state index in [9.17, 15) is 13.2 Å². The molecular formula is C23H29ClN2O3S. The van der Waals surface area contributed by atoms with Gasteiger partial charge in [0.15, 0.2) is 0 Å². The molecule has 7 heteroatoms. The lowest BCUT2D eigenvalue weighted by molar-refractivity contribution is -0.114. The zero-order valence-corrected chi connectivity index (χ0v) is 18.5. The van der Waals surface area contributed by atoms with Crippen LogP contribution in [0.2, 0.25) is 5.02 Å². The number of hydrogen-bond acceptors (Lipinski definition) is 3. The maximum Gasteiger partial charge on any atom is 0.246 e. The minimum absolute atomic E-state index is 0. The predicted molar refractivity (Wildman–Crippen MR) is 122 cm³/mol. The van der Waals surface area contributed by atoms with Crippen LogP contribution in [-0.2, 0) is 14.8 Å². The maximum absolute atomic E-state index is 13.8. The van der Waals surface area contributed by atoms with Crippen molar-refractivity contribution in [1.29, 1.82) is 0 Å². The second-order valence-corrected chi connectivity index (χ2v) is 10.6. The summed E-state index contributed by atoms with van der Waals surface area (Å²) in [5, 5.41) is 0.525. The number of amides is 1. The van der Waals surface area contributed by atoms with Crippen LogP contribution >= 0.6 is 11.6 Å². The number of hydrogen-bond donors (Lipinski definition) is 1. The molecular weight excluding hydrogens is 420 g/mol. The molecule has 0 spiro atoms. The summed E-state index contributed by atoms with van der Waals surface area (Å²) in [7, 11) is -3.94. The largest absolute Gasteiger partial charge is 0.366 e. The molecule has 2 aromatic carbocycles. The first-order valence-corrected chi connectivity index (χ1v) is 11.1. The topological polar surface area (TPSA) is 80.5 Å². The van der Waals surface area contributed by atoms with Crippen LogP contribution in [0.1, 0.15) is 45.4 Å². The molecule has 162 valence electrons. The Morgan fingerprint density at radius 3 is 2.13 bits per heavy atom. The average molecular weight is 449 g/mol. The number of sulfonamides is 1. The van der Waals surface area contributed by atoms with Gasteiger partial charge in [-0.3, -0.25) is 4.79 Å². The van der Waals surface area contributed by atoms with Gasteiger partial charge in [0, 0.05) is 16.6 Å². The minimum atomic E-state index is -3.94. The van der Waals surface area contributed by atoms with Crippen molar-refractivity contribution in [3.8, 4) is 0 Å². The Morgan fingerprint density at radius 2 is 1.63 bits per heavy atom. The minimum Gasteiger partial charge on any atom is -0.366 e. The number of nitrogens with two attached hydrogens (primary N) is 1. The van der Waals surface area contributed by atoms with E-state index < -0.39 is 33.4 Å². The van der Waals surface area contributed by atoms with E-state index in [-0.39, 0.29) is 17.9 Å². The average Bonchev–Trinajstić information content (AvgIpc) is 3.04. The van der Waals surface area contributed by atoms with Crippen LogP contribution in [0, 0.1) is 12.3 Å². The number of carbonyl (C=O) groups excluding carboxylic acids is 1. The molecule has 5 nitrogen and oxygen atoms in total. The van der Waals surface area contributed by atoms with E-state index in [2.05, 4.69) is 0 Å². The quantitative estimate of drug-likeness (QED) is 0.725. The lowest BCUT2D eigenvalue weighted by atomic mass is 9.87. The first-order chi connectivity index (χ1) is 13.4. The lowest BCUT2D eigenvalue weighted by Gasteiger charge is -2.37. The van der Waals surface area contributed by atoms with E-state index in [1.165, 1.54) is 4.31 Å². The predicted octanol–water partition coefficient (Wildman–Crippen LogP) is 4.86. The number of primary amides is 1. The van der Waals surface area contributed by atoms with Crippen molar-refractivity contribution in [2.24, 2.45) is 11.1 Å². The van der Waals surface area contributed by atoms with Crippen molar-refractivity contribution in [1.82, 2.24) is 4.31 Å². The fourth-order valence-corrected chi connectivity index (χ4v) is 5.97. The van der Waals surface area contributed by atoms with Gasteiger partial charge in [-0.05, 0) is 41.7 Å². The van der Waals surface area contributed by atoms with Crippen LogP contribution in [0.3, 0.4) is 0 Å². The van der Waals surface area contributed by atoms with Crippen molar-refractivity contribution in [3.63, 3.8) is 0 Å². The zero-order valence-electron chi connectivity index (χ0n) is 16.9. The molecule has 0 aromatic heterocycles. The van der Waals surface area contributed by atoms with Crippen molar-refractivity contribution >= 4 is 27.5 Å².